The summed E-state index contributed by atoms with van der Waals surface area (Å²) in [5.41, 5.74) is 0.708. The van der Waals surface area contributed by atoms with E-state index in [0.29, 0.717) is 18.2 Å². The molecule has 128 valence electrons. The van der Waals surface area contributed by atoms with Crippen LogP contribution in [0.3, 0.4) is 0 Å². The molecule has 1 aliphatic rings. The van der Waals surface area contributed by atoms with Crippen LogP contribution in [0.15, 0.2) is 30.6 Å². The number of hydrogen-bond donors (Lipinski definition) is 0. The van der Waals surface area contributed by atoms with Gasteiger partial charge in [0.1, 0.15) is 5.75 Å². The van der Waals surface area contributed by atoms with Crippen molar-refractivity contribution in [2.75, 3.05) is 6.61 Å². The number of carbonyl (C=O) groups is 1. The normalized spacial score (nSPS) is 22.1. The highest BCUT2D eigenvalue weighted by Crippen LogP contribution is 2.34. The Balaban J connectivity index is 1.60. The second-order valence-corrected chi connectivity index (χ2v) is 6.38. The first-order valence-corrected chi connectivity index (χ1v) is 8.72. The molecule has 0 radical (unpaired) electrons. The maximum absolute atomic E-state index is 11.9. The Hall–Kier alpha value is -2.17. The van der Waals surface area contributed by atoms with Gasteiger partial charge in [-0.25, -0.2) is 9.97 Å². The summed E-state index contributed by atoms with van der Waals surface area (Å²) in [6, 6.07) is 5.78. The Morgan fingerprint density at radius 1 is 1.21 bits per heavy atom. The summed E-state index contributed by atoms with van der Waals surface area (Å²) in [5.74, 6) is 1.12. The monoisotopic (exact) mass is 328 g/mol. The van der Waals surface area contributed by atoms with Gasteiger partial charge in [-0.05, 0) is 56.7 Å². The van der Waals surface area contributed by atoms with Gasteiger partial charge in [0, 0.05) is 12.4 Å². The first kappa shape index (κ1) is 16.7. The number of nitrogens with zero attached hydrogens (tertiary/aromatic N) is 2. The highest BCUT2D eigenvalue weighted by molar-refractivity contribution is 5.81. The van der Waals surface area contributed by atoms with Crippen molar-refractivity contribution in [2.45, 2.75) is 45.6 Å². The lowest BCUT2D eigenvalue weighted by atomic mass is 9.79. The molecule has 5 heteroatoms. The lowest BCUT2D eigenvalue weighted by Gasteiger charge is -2.31. The molecule has 0 saturated heterocycles. The van der Waals surface area contributed by atoms with Crippen LogP contribution in [0.2, 0.25) is 0 Å². The van der Waals surface area contributed by atoms with Gasteiger partial charge in [0.2, 0.25) is 0 Å². The predicted molar refractivity (Wildman–Crippen MR) is 91.7 cm³/mol. The number of esters is 1. The smallest absolute Gasteiger partial charge is 0.308 e. The standard InChI is InChI=1S/C19H24N2O3/c1-3-23-19(22)13(2)14-6-8-15(9-7-14)24-17-10-12-21-18-16(17)5-4-11-20-18/h4-5,10-15H,3,6-9H2,1-2H3. The van der Waals surface area contributed by atoms with Crippen molar-refractivity contribution in [3.05, 3.63) is 30.6 Å². The molecule has 2 aromatic heterocycles. The van der Waals surface area contributed by atoms with Crippen LogP contribution in [0.4, 0.5) is 0 Å². The second kappa shape index (κ2) is 7.60. The summed E-state index contributed by atoms with van der Waals surface area (Å²) in [5, 5.41) is 0.946. The van der Waals surface area contributed by atoms with Crippen LogP contribution < -0.4 is 4.74 Å². The summed E-state index contributed by atoms with van der Waals surface area (Å²) >= 11 is 0. The maximum atomic E-state index is 11.9. The topological polar surface area (TPSA) is 61.3 Å². The molecule has 5 nitrogen and oxygen atoms in total. The number of hydrogen-bond acceptors (Lipinski definition) is 5. The lowest BCUT2D eigenvalue weighted by molar-refractivity contribution is -0.150. The van der Waals surface area contributed by atoms with Crippen LogP contribution in [0.1, 0.15) is 39.5 Å². The lowest BCUT2D eigenvalue weighted by Crippen LogP contribution is -2.30. The van der Waals surface area contributed by atoms with Gasteiger partial charge in [0.05, 0.1) is 24.0 Å². The number of fused-ring (bicyclic) bond motifs is 1. The zero-order chi connectivity index (χ0) is 16.9. The van der Waals surface area contributed by atoms with Gasteiger partial charge in [0.25, 0.3) is 0 Å². The van der Waals surface area contributed by atoms with E-state index >= 15 is 0 Å². The molecular weight excluding hydrogens is 304 g/mol. The van der Waals surface area contributed by atoms with Crippen LogP contribution in [0.5, 0.6) is 5.75 Å². The van der Waals surface area contributed by atoms with Crippen molar-refractivity contribution in [1.82, 2.24) is 9.97 Å². The van der Waals surface area contributed by atoms with Gasteiger partial charge < -0.3 is 9.47 Å². The zero-order valence-corrected chi connectivity index (χ0v) is 14.3. The number of aromatic nitrogens is 2. The van der Waals surface area contributed by atoms with Crippen LogP contribution in [-0.2, 0) is 9.53 Å². The third-order valence-corrected chi connectivity index (χ3v) is 4.85. The molecule has 1 atom stereocenters. The Bertz CT molecular complexity index is 691. The van der Waals surface area contributed by atoms with Crippen molar-refractivity contribution in [3.63, 3.8) is 0 Å². The average Bonchev–Trinajstić information content (AvgIpc) is 2.62. The Kier molecular flexibility index (Phi) is 5.28. The predicted octanol–water partition coefficient (Wildman–Crippen LogP) is 3.77. The number of pyridine rings is 2. The molecule has 2 aromatic rings. The van der Waals surface area contributed by atoms with E-state index in [0.717, 1.165) is 36.8 Å². The second-order valence-electron chi connectivity index (χ2n) is 6.38. The molecule has 2 heterocycles. The molecule has 0 aliphatic heterocycles. The van der Waals surface area contributed by atoms with Crippen LogP contribution in [0, 0.1) is 11.8 Å². The van der Waals surface area contributed by atoms with Crippen molar-refractivity contribution >= 4 is 17.0 Å². The van der Waals surface area contributed by atoms with Gasteiger partial charge in [-0.15, -0.1) is 0 Å². The summed E-state index contributed by atoms with van der Waals surface area (Å²) in [4.78, 5) is 20.4. The van der Waals surface area contributed by atoms with E-state index in [1.165, 1.54) is 0 Å². The van der Waals surface area contributed by atoms with E-state index in [2.05, 4.69) is 9.97 Å². The fourth-order valence-electron chi connectivity index (χ4n) is 3.41. The quantitative estimate of drug-likeness (QED) is 0.782. The Labute approximate surface area is 142 Å². The van der Waals surface area contributed by atoms with E-state index in [1.807, 2.05) is 32.0 Å². The maximum Gasteiger partial charge on any atom is 0.308 e. The van der Waals surface area contributed by atoms with Crippen molar-refractivity contribution < 1.29 is 14.3 Å². The largest absolute Gasteiger partial charge is 0.490 e. The van der Waals surface area contributed by atoms with E-state index in [1.54, 1.807) is 12.4 Å². The molecule has 1 fully saturated rings. The molecule has 24 heavy (non-hydrogen) atoms. The van der Waals surface area contributed by atoms with Gasteiger partial charge in [-0.2, -0.15) is 0 Å². The molecule has 1 unspecified atom stereocenters. The van der Waals surface area contributed by atoms with E-state index in [-0.39, 0.29) is 18.0 Å². The molecule has 1 aliphatic carbocycles. The minimum absolute atomic E-state index is 0.0307. The summed E-state index contributed by atoms with van der Waals surface area (Å²) < 4.78 is 11.4. The van der Waals surface area contributed by atoms with E-state index < -0.39 is 0 Å². The first-order chi connectivity index (χ1) is 11.7. The van der Waals surface area contributed by atoms with Crippen LogP contribution in [-0.4, -0.2) is 28.6 Å². The highest BCUT2D eigenvalue weighted by atomic mass is 16.5. The van der Waals surface area contributed by atoms with Crippen molar-refractivity contribution in [3.8, 4) is 5.75 Å². The number of carbonyl (C=O) groups excluding carboxylic acids is 1. The molecule has 0 N–H and O–H groups in total. The van der Waals surface area contributed by atoms with Crippen molar-refractivity contribution in [2.24, 2.45) is 11.8 Å². The number of rotatable bonds is 5. The summed E-state index contributed by atoms with van der Waals surface area (Å²) in [7, 11) is 0. The molecule has 0 aromatic carbocycles. The molecule has 0 spiro atoms. The van der Waals surface area contributed by atoms with Gasteiger partial charge >= 0.3 is 5.97 Å². The van der Waals surface area contributed by atoms with E-state index in [4.69, 9.17) is 9.47 Å². The fraction of sp³-hybridized carbons (Fsp3) is 0.526. The molecule has 0 amide bonds. The number of ether oxygens (including phenoxy) is 2. The summed E-state index contributed by atoms with van der Waals surface area (Å²) in [6.45, 7) is 4.28. The summed E-state index contributed by atoms with van der Waals surface area (Å²) in [6.07, 6.45) is 7.55. The Morgan fingerprint density at radius 3 is 2.71 bits per heavy atom. The third-order valence-electron chi connectivity index (χ3n) is 4.85. The van der Waals surface area contributed by atoms with E-state index in [9.17, 15) is 4.79 Å². The van der Waals surface area contributed by atoms with Gasteiger partial charge in [-0.3, -0.25) is 4.79 Å². The minimum atomic E-state index is -0.0759. The molecule has 1 saturated carbocycles. The van der Waals surface area contributed by atoms with Crippen molar-refractivity contribution in [1.29, 1.82) is 0 Å². The molecule has 0 bridgehead atoms. The fourth-order valence-corrected chi connectivity index (χ4v) is 3.41. The minimum Gasteiger partial charge on any atom is -0.490 e. The molecule has 3 rings (SSSR count). The average molecular weight is 328 g/mol. The first-order valence-electron chi connectivity index (χ1n) is 8.72. The molecular formula is C19H24N2O3. The third kappa shape index (κ3) is 3.66. The van der Waals surface area contributed by atoms with Crippen LogP contribution >= 0.6 is 0 Å². The van der Waals surface area contributed by atoms with Gasteiger partial charge in [-0.1, -0.05) is 6.92 Å². The Morgan fingerprint density at radius 2 is 1.96 bits per heavy atom. The van der Waals surface area contributed by atoms with Gasteiger partial charge in [0.15, 0.2) is 5.65 Å². The van der Waals surface area contributed by atoms with Crippen LogP contribution in [0.25, 0.3) is 11.0 Å². The SMILES string of the molecule is CCOC(=O)C(C)C1CCC(Oc2ccnc3ncccc23)CC1. The zero-order valence-electron chi connectivity index (χ0n) is 14.3. The highest BCUT2D eigenvalue weighted by Gasteiger charge is 2.30.